The van der Waals surface area contributed by atoms with Gasteiger partial charge in [0.05, 0.1) is 11.5 Å². The molecule has 0 radical (unpaired) electrons. The summed E-state index contributed by atoms with van der Waals surface area (Å²) in [7, 11) is -3.67. The van der Waals surface area contributed by atoms with Crippen molar-refractivity contribution in [1.82, 2.24) is 0 Å². The summed E-state index contributed by atoms with van der Waals surface area (Å²) in [5.74, 6) is 0.429. The SMILES string of the molecule is CCOc1ccc(S(=O)(=O)Nc2ccc(NC(C)=O)cc2)cc1. The first kappa shape index (κ1) is 16.8. The van der Waals surface area contributed by atoms with Gasteiger partial charge in [0.15, 0.2) is 0 Å². The van der Waals surface area contributed by atoms with Crippen LogP contribution in [0.3, 0.4) is 0 Å². The Bertz CT molecular complexity index is 769. The normalized spacial score (nSPS) is 10.9. The van der Waals surface area contributed by atoms with Crippen LogP contribution in [0.5, 0.6) is 5.75 Å². The van der Waals surface area contributed by atoms with Gasteiger partial charge in [-0.3, -0.25) is 9.52 Å². The molecule has 0 fully saturated rings. The number of carbonyl (C=O) groups is 1. The van der Waals surface area contributed by atoms with E-state index in [2.05, 4.69) is 10.0 Å². The molecule has 7 heteroatoms. The fourth-order valence-corrected chi connectivity index (χ4v) is 2.98. The van der Waals surface area contributed by atoms with Crippen LogP contribution in [0.4, 0.5) is 11.4 Å². The Morgan fingerprint density at radius 1 is 1.00 bits per heavy atom. The van der Waals surface area contributed by atoms with Crippen molar-refractivity contribution in [3.63, 3.8) is 0 Å². The molecule has 2 rings (SSSR count). The van der Waals surface area contributed by atoms with Crippen molar-refractivity contribution in [3.8, 4) is 5.75 Å². The summed E-state index contributed by atoms with van der Waals surface area (Å²) in [5, 5.41) is 2.61. The molecule has 0 unspecified atom stereocenters. The summed E-state index contributed by atoms with van der Waals surface area (Å²) in [5.41, 5.74) is 1.01. The van der Waals surface area contributed by atoms with Gasteiger partial charge in [-0.25, -0.2) is 8.42 Å². The standard InChI is InChI=1S/C16H18N2O4S/c1-3-22-15-8-10-16(11-9-15)23(20,21)18-14-6-4-13(5-7-14)17-12(2)19/h4-11,18H,3H2,1-2H3,(H,17,19). The van der Waals surface area contributed by atoms with E-state index in [4.69, 9.17) is 4.74 Å². The van der Waals surface area contributed by atoms with Gasteiger partial charge in [-0.15, -0.1) is 0 Å². The molecule has 1 amide bonds. The number of carbonyl (C=O) groups excluding carboxylic acids is 1. The Morgan fingerprint density at radius 3 is 2.09 bits per heavy atom. The van der Waals surface area contributed by atoms with Crippen LogP contribution in [0.15, 0.2) is 53.4 Å². The van der Waals surface area contributed by atoms with E-state index in [0.717, 1.165) is 0 Å². The maximum atomic E-state index is 12.3. The molecular formula is C16H18N2O4S. The minimum atomic E-state index is -3.67. The average molecular weight is 334 g/mol. The molecule has 0 bridgehead atoms. The van der Waals surface area contributed by atoms with Gasteiger partial charge in [0.2, 0.25) is 5.91 Å². The largest absolute Gasteiger partial charge is 0.494 e. The zero-order valence-corrected chi connectivity index (χ0v) is 13.7. The van der Waals surface area contributed by atoms with E-state index >= 15 is 0 Å². The molecule has 122 valence electrons. The van der Waals surface area contributed by atoms with Crippen molar-refractivity contribution in [2.45, 2.75) is 18.7 Å². The lowest BCUT2D eigenvalue weighted by Gasteiger charge is -2.10. The van der Waals surface area contributed by atoms with E-state index in [9.17, 15) is 13.2 Å². The fourth-order valence-electron chi connectivity index (χ4n) is 1.92. The summed E-state index contributed by atoms with van der Waals surface area (Å²) in [6.45, 7) is 3.78. The Balaban J connectivity index is 2.12. The third-order valence-electron chi connectivity index (χ3n) is 2.90. The zero-order valence-electron chi connectivity index (χ0n) is 12.9. The molecule has 0 aliphatic carbocycles. The maximum absolute atomic E-state index is 12.3. The summed E-state index contributed by atoms with van der Waals surface area (Å²) in [6, 6.07) is 12.6. The molecule has 0 atom stereocenters. The van der Waals surface area contributed by atoms with Gasteiger partial charge >= 0.3 is 0 Å². The molecule has 0 aromatic heterocycles. The van der Waals surface area contributed by atoms with Crippen molar-refractivity contribution in [3.05, 3.63) is 48.5 Å². The van der Waals surface area contributed by atoms with Gasteiger partial charge in [0, 0.05) is 18.3 Å². The number of hydrogen-bond donors (Lipinski definition) is 2. The van der Waals surface area contributed by atoms with Gasteiger partial charge in [-0.1, -0.05) is 0 Å². The Hall–Kier alpha value is -2.54. The Labute approximate surface area is 135 Å². The number of benzene rings is 2. The minimum Gasteiger partial charge on any atom is -0.494 e. The number of amides is 1. The first-order valence-corrected chi connectivity index (χ1v) is 8.52. The van der Waals surface area contributed by atoms with E-state index in [0.29, 0.717) is 23.7 Å². The van der Waals surface area contributed by atoms with Gasteiger partial charge in [0.1, 0.15) is 5.75 Å². The molecule has 23 heavy (non-hydrogen) atoms. The molecule has 0 aliphatic rings. The highest BCUT2D eigenvalue weighted by Gasteiger charge is 2.14. The molecule has 2 N–H and O–H groups in total. The van der Waals surface area contributed by atoms with Crippen LogP contribution in [0.2, 0.25) is 0 Å². The van der Waals surface area contributed by atoms with Crippen molar-refractivity contribution in [2.24, 2.45) is 0 Å². The summed E-state index contributed by atoms with van der Waals surface area (Å²) in [6.07, 6.45) is 0. The Morgan fingerprint density at radius 2 is 1.57 bits per heavy atom. The highest BCUT2D eigenvalue weighted by molar-refractivity contribution is 7.92. The number of nitrogens with one attached hydrogen (secondary N) is 2. The molecule has 6 nitrogen and oxygen atoms in total. The second-order valence-electron chi connectivity index (χ2n) is 4.77. The maximum Gasteiger partial charge on any atom is 0.261 e. The average Bonchev–Trinajstić information content (AvgIpc) is 2.49. The fraction of sp³-hybridized carbons (Fsp3) is 0.188. The predicted molar refractivity (Wildman–Crippen MR) is 89.2 cm³/mol. The third kappa shape index (κ3) is 4.72. The molecule has 0 heterocycles. The van der Waals surface area contributed by atoms with Crippen LogP contribution in [-0.4, -0.2) is 20.9 Å². The van der Waals surface area contributed by atoms with Gasteiger partial charge in [-0.05, 0) is 55.5 Å². The number of anilines is 2. The quantitative estimate of drug-likeness (QED) is 0.851. The lowest BCUT2D eigenvalue weighted by molar-refractivity contribution is -0.114. The van der Waals surface area contributed by atoms with Crippen LogP contribution in [0, 0.1) is 0 Å². The lowest BCUT2D eigenvalue weighted by Crippen LogP contribution is -2.13. The van der Waals surface area contributed by atoms with Gasteiger partial charge < -0.3 is 10.1 Å². The van der Waals surface area contributed by atoms with E-state index in [1.165, 1.54) is 19.1 Å². The number of hydrogen-bond acceptors (Lipinski definition) is 4. The third-order valence-corrected chi connectivity index (χ3v) is 4.30. The van der Waals surface area contributed by atoms with E-state index in [-0.39, 0.29) is 10.8 Å². The van der Waals surface area contributed by atoms with Crippen molar-refractivity contribution in [2.75, 3.05) is 16.6 Å². The van der Waals surface area contributed by atoms with E-state index in [1.807, 2.05) is 6.92 Å². The van der Waals surface area contributed by atoms with E-state index in [1.54, 1.807) is 36.4 Å². The van der Waals surface area contributed by atoms with Crippen LogP contribution in [0.25, 0.3) is 0 Å². The molecule has 0 saturated carbocycles. The van der Waals surface area contributed by atoms with Gasteiger partial charge in [-0.2, -0.15) is 0 Å². The molecule has 2 aromatic rings. The number of sulfonamides is 1. The monoisotopic (exact) mass is 334 g/mol. The molecular weight excluding hydrogens is 316 g/mol. The first-order chi connectivity index (χ1) is 10.9. The van der Waals surface area contributed by atoms with Crippen molar-refractivity contribution in [1.29, 1.82) is 0 Å². The molecule has 2 aromatic carbocycles. The number of rotatable bonds is 6. The first-order valence-electron chi connectivity index (χ1n) is 7.04. The van der Waals surface area contributed by atoms with Crippen LogP contribution in [-0.2, 0) is 14.8 Å². The summed E-state index contributed by atoms with van der Waals surface area (Å²) >= 11 is 0. The topological polar surface area (TPSA) is 84.5 Å². The predicted octanol–water partition coefficient (Wildman–Crippen LogP) is 2.84. The van der Waals surface area contributed by atoms with Crippen LogP contribution < -0.4 is 14.8 Å². The Kier molecular flexibility index (Phi) is 5.23. The molecule has 0 saturated heterocycles. The second kappa shape index (κ2) is 7.15. The van der Waals surface area contributed by atoms with Crippen molar-refractivity contribution < 1.29 is 17.9 Å². The summed E-state index contributed by atoms with van der Waals surface area (Å²) in [4.78, 5) is 11.1. The van der Waals surface area contributed by atoms with Gasteiger partial charge in [0.25, 0.3) is 10.0 Å². The second-order valence-corrected chi connectivity index (χ2v) is 6.45. The lowest BCUT2D eigenvalue weighted by atomic mass is 10.3. The van der Waals surface area contributed by atoms with Crippen LogP contribution >= 0.6 is 0 Å². The summed E-state index contributed by atoms with van der Waals surface area (Å²) < 4.78 is 32.4. The zero-order chi connectivity index (χ0) is 16.9. The highest BCUT2D eigenvalue weighted by atomic mass is 32.2. The van der Waals surface area contributed by atoms with Crippen molar-refractivity contribution >= 4 is 27.3 Å². The minimum absolute atomic E-state index is 0.145. The molecule has 0 aliphatic heterocycles. The van der Waals surface area contributed by atoms with E-state index < -0.39 is 10.0 Å². The smallest absolute Gasteiger partial charge is 0.261 e. The number of ether oxygens (including phenoxy) is 1. The van der Waals surface area contributed by atoms with Crippen LogP contribution in [0.1, 0.15) is 13.8 Å². The molecule has 0 spiro atoms. The highest BCUT2D eigenvalue weighted by Crippen LogP contribution is 2.20.